The predicted octanol–water partition coefficient (Wildman–Crippen LogP) is -0.154. The second kappa shape index (κ2) is 4.68. The van der Waals surface area contributed by atoms with Gasteiger partial charge < -0.3 is 0 Å². The molecule has 0 aromatic carbocycles. The molecule has 5 heavy (non-hydrogen) atoms. The van der Waals surface area contributed by atoms with Crippen molar-refractivity contribution >= 4 is 34.7 Å². The Kier molecular flexibility index (Phi) is 8.60. The van der Waals surface area contributed by atoms with E-state index in [4.69, 9.17) is 8.42 Å². The Bertz CT molecular complexity index is 58.0. The van der Waals surface area contributed by atoms with Crippen LogP contribution in [0.15, 0.2) is 0 Å². The number of halogens is 1. The molecule has 2 nitrogen and oxygen atoms in total. The van der Waals surface area contributed by atoms with Gasteiger partial charge in [0.05, 0.1) is 0 Å². The van der Waals surface area contributed by atoms with Gasteiger partial charge in [-0.3, -0.25) is 0 Å². The molecule has 34 valence electrons. The first-order valence-corrected chi connectivity index (χ1v) is 2.44. The second-order valence-corrected chi connectivity index (χ2v) is 1.32. The first-order chi connectivity index (χ1) is 1.73. The summed E-state index contributed by atoms with van der Waals surface area (Å²) in [5.41, 5.74) is 0. The first kappa shape index (κ1) is 9.19. The molecule has 0 aliphatic heterocycles. The Morgan fingerprint density at radius 2 is 1.40 bits per heavy atom. The van der Waals surface area contributed by atoms with E-state index in [1.165, 1.54) is 0 Å². The summed E-state index contributed by atoms with van der Waals surface area (Å²) in [4.78, 5) is 0. The molecular weight excluding hydrogens is 203 g/mol. The van der Waals surface area contributed by atoms with Crippen LogP contribution in [0.3, 0.4) is 0 Å². The van der Waals surface area contributed by atoms with Crippen LogP contribution in [-0.2, 0) is 10.7 Å². The van der Waals surface area contributed by atoms with Crippen molar-refractivity contribution in [2.45, 2.75) is 0 Å². The highest BCUT2D eigenvalue weighted by Crippen LogP contribution is 1.29. The minimum Gasteiger partial charge on any atom is -0.232 e. The highest BCUT2D eigenvalue weighted by molar-refractivity contribution is 14.0. The summed E-state index contributed by atoms with van der Waals surface area (Å²) in [6.07, 6.45) is 1.12. The van der Waals surface area contributed by atoms with Crippen LogP contribution in [0, 0.1) is 0 Å². The maximum Gasteiger partial charge on any atom is 0.137 e. The smallest absolute Gasteiger partial charge is 0.137 e. The summed E-state index contributed by atoms with van der Waals surface area (Å²) >= 11 is 0. The Labute approximate surface area is 49.5 Å². The minimum atomic E-state index is -2.12. The zero-order chi connectivity index (χ0) is 3.58. The Balaban J connectivity index is 0. The van der Waals surface area contributed by atoms with E-state index in [9.17, 15) is 0 Å². The summed E-state index contributed by atoms with van der Waals surface area (Å²) in [5.74, 6) is 0. The van der Waals surface area contributed by atoms with Crippen LogP contribution in [0.4, 0.5) is 0 Å². The maximum absolute atomic E-state index is 9.04. The van der Waals surface area contributed by atoms with E-state index in [1.54, 1.807) is 0 Å². The van der Waals surface area contributed by atoms with Gasteiger partial charge in [0.25, 0.3) is 0 Å². The van der Waals surface area contributed by atoms with E-state index >= 15 is 0 Å². The second-order valence-electron chi connectivity index (χ2n) is 0.440. The highest BCUT2D eigenvalue weighted by atomic mass is 127. The van der Waals surface area contributed by atoms with Crippen LogP contribution in [0.25, 0.3) is 0 Å². The van der Waals surface area contributed by atoms with Crippen LogP contribution >= 0.6 is 24.0 Å². The van der Waals surface area contributed by atoms with Crippen molar-refractivity contribution in [3.05, 3.63) is 0 Å². The lowest BCUT2D eigenvalue weighted by Gasteiger charge is -1.41. The molecule has 0 N–H and O–H groups in total. The van der Waals surface area contributed by atoms with Crippen LogP contribution in [-0.4, -0.2) is 14.7 Å². The molecule has 0 aliphatic carbocycles. The maximum atomic E-state index is 9.04. The molecule has 0 saturated carbocycles. The van der Waals surface area contributed by atoms with E-state index in [1.807, 2.05) is 0 Å². The van der Waals surface area contributed by atoms with E-state index in [-0.39, 0.29) is 24.0 Å². The largest absolute Gasteiger partial charge is 0.232 e. The average Bonchev–Trinajstić information content (AvgIpc) is 0.811. The van der Waals surface area contributed by atoms with Gasteiger partial charge in [-0.1, -0.05) is 0 Å². The van der Waals surface area contributed by atoms with Gasteiger partial charge in [0.2, 0.25) is 0 Å². The molecule has 0 atom stereocenters. The molecule has 0 heterocycles. The molecule has 0 amide bonds. The van der Waals surface area contributed by atoms with Crippen molar-refractivity contribution in [3.63, 3.8) is 0 Å². The van der Waals surface area contributed by atoms with Crippen LogP contribution < -0.4 is 0 Å². The standard InChI is InChI=1S/CH4O2S.HI/c1-4(2)3;/h4H,1H3;1H. The van der Waals surface area contributed by atoms with Crippen molar-refractivity contribution in [2.75, 3.05) is 6.26 Å². The fourth-order valence-corrected chi connectivity index (χ4v) is 0. The summed E-state index contributed by atoms with van der Waals surface area (Å²) in [6.45, 7) is 0. The molecule has 0 radical (unpaired) electrons. The van der Waals surface area contributed by atoms with Crippen LogP contribution in [0.5, 0.6) is 0 Å². The van der Waals surface area contributed by atoms with Crippen LogP contribution in [0.2, 0.25) is 0 Å². The minimum absolute atomic E-state index is 0. The molecule has 0 saturated heterocycles. The van der Waals surface area contributed by atoms with Gasteiger partial charge in [-0.15, -0.1) is 24.0 Å². The lowest BCUT2D eigenvalue weighted by Crippen LogP contribution is -1.56. The normalized spacial score (nSPS) is 6.80. The van der Waals surface area contributed by atoms with Crippen molar-refractivity contribution in [2.24, 2.45) is 0 Å². The van der Waals surface area contributed by atoms with Crippen molar-refractivity contribution in [1.29, 1.82) is 0 Å². The van der Waals surface area contributed by atoms with E-state index in [0.29, 0.717) is 0 Å². The lowest BCUT2D eigenvalue weighted by atomic mass is 12.0. The Morgan fingerprint density at radius 3 is 1.40 bits per heavy atom. The van der Waals surface area contributed by atoms with Gasteiger partial charge in [0, 0.05) is 6.26 Å². The quantitative estimate of drug-likeness (QED) is 0.443. The molecule has 4 heteroatoms. The lowest BCUT2D eigenvalue weighted by molar-refractivity contribution is 0.619. The molecule has 0 unspecified atom stereocenters. The number of hydrogen-bond donors (Lipinski definition) is 1. The van der Waals surface area contributed by atoms with Crippen molar-refractivity contribution in [3.8, 4) is 0 Å². The molecule has 0 aromatic rings. The topological polar surface area (TPSA) is 34.1 Å². The fourth-order valence-electron chi connectivity index (χ4n) is 0. The van der Waals surface area contributed by atoms with E-state index in [2.05, 4.69) is 0 Å². The summed E-state index contributed by atoms with van der Waals surface area (Å²) in [6, 6.07) is 0. The van der Waals surface area contributed by atoms with Crippen molar-refractivity contribution < 1.29 is 8.42 Å². The SMILES string of the molecule is C[SH](=O)=O.I. The van der Waals surface area contributed by atoms with Gasteiger partial charge in [-0.25, -0.2) is 8.42 Å². The van der Waals surface area contributed by atoms with Crippen molar-refractivity contribution in [1.82, 2.24) is 0 Å². The van der Waals surface area contributed by atoms with Crippen LogP contribution in [0.1, 0.15) is 0 Å². The van der Waals surface area contributed by atoms with Gasteiger partial charge in [-0.05, 0) is 0 Å². The summed E-state index contributed by atoms with van der Waals surface area (Å²) < 4.78 is 18.1. The third-order valence-electron chi connectivity index (χ3n) is 0. The molecule has 0 aliphatic rings. The van der Waals surface area contributed by atoms with E-state index < -0.39 is 10.7 Å². The third-order valence-corrected chi connectivity index (χ3v) is 0. The van der Waals surface area contributed by atoms with Gasteiger partial charge in [0.15, 0.2) is 0 Å². The zero-order valence-electron chi connectivity index (χ0n) is 2.67. The first-order valence-electron chi connectivity index (χ1n) is 0.812. The molecule has 0 bridgehead atoms. The monoisotopic (exact) mass is 208 g/mol. The summed E-state index contributed by atoms with van der Waals surface area (Å²) in [7, 11) is -2.12. The molecule has 0 spiro atoms. The number of rotatable bonds is 0. The number of thiol groups is 1. The third kappa shape index (κ3) is 72.7. The highest BCUT2D eigenvalue weighted by Gasteiger charge is 1.44. The molecule has 0 rings (SSSR count). The Hall–Kier alpha value is 0.680. The fraction of sp³-hybridized carbons (Fsp3) is 1.00. The number of hydrogen-bond acceptors (Lipinski definition) is 2. The van der Waals surface area contributed by atoms with Gasteiger partial charge in [0.1, 0.15) is 10.7 Å². The zero-order valence-corrected chi connectivity index (χ0v) is 5.90. The molecule has 0 fully saturated rings. The molecule has 0 aromatic heterocycles. The Morgan fingerprint density at radius 1 is 1.40 bits per heavy atom. The summed E-state index contributed by atoms with van der Waals surface area (Å²) in [5, 5.41) is 0. The predicted molar refractivity (Wildman–Crippen MR) is 31.7 cm³/mol. The van der Waals surface area contributed by atoms with Gasteiger partial charge in [-0.2, -0.15) is 0 Å². The van der Waals surface area contributed by atoms with Gasteiger partial charge >= 0.3 is 0 Å². The molecular formula is CH5IO2S. The van der Waals surface area contributed by atoms with E-state index in [0.717, 1.165) is 6.26 Å². The average molecular weight is 208 g/mol.